The van der Waals surface area contributed by atoms with Crippen molar-refractivity contribution >= 4 is 11.6 Å². The minimum Gasteiger partial charge on any atom is -0.378 e. The first-order valence-electron chi connectivity index (χ1n) is 6.11. The second kappa shape index (κ2) is 6.97. The molecule has 1 atom stereocenters. The highest BCUT2D eigenvalue weighted by atomic mass is 35.5. The molecule has 0 aromatic heterocycles. The summed E-state index contributed by atoms with van der Waals surface area (Å²) >= 11 is 6.11. The molecule has 0 radical (unpaired) electrons. The molecule has 1 aliphatic rings. The van der Waals surface area contributed by atoms with E-state index in [1.54, 1.807) is 0 Å². The molecule has 1 aromatic rings. The molecular weight excluding hydrogens is 236 g/mol. The molecule has 1 unspecified atom stereocenters. The van der Waals surface area contributed by atoms with Crippen molar-refractivity contribution in [1.29, 1.82) is 0 Å². The fourth-order valence-electron chi connectivity index (χ4n) is 1.95. The second-order valence-corrected chi connectivity index (χ2v) is 4.68. The monoisotopic (exact) mass is 254 g/mol. The standard InChI is InChI=1S/C13H19ClN2O/c14-13-4-2-1-3-11(13)5-6-16-12-9-15-7-8-17-10-12/h1-4,12,15-16H,5-10H2. The molecule has 4 heteroatoms. The number of benzene rings is 1. The van der Waals surface area contributed by atoms with Gasteiger partial charge in [-0.15, -0.1) is 0 Å². The Balaban J connectivity index is 1.73. The molecule has 17 heavy (non-hydrogen) atoms. The van der Waals surface area contributed by atoms with Gasteiger partial charge in [0, 0.05) is 24.2 Å². The van der Waals surface area contributed by atoms with E-state index in [2.05, 4.69) is 16.7 Å². The summed E-state index contributed by atoms with van der Waals surface area (Å²) in [5, 5.41) is 7.69. The van der Waals surface area contributed by atoms with Gasteiger partial charge in [0.2, 0.25) is 0 Å². The van der Waals surface area contributed by atoms with Crippen LogP contribution in [-0.2, 0) is 11.2 Å². The third-order valence-corrected chi connectivity index (χ3v) is 3.29. The number of hydrogen-bond acceptors (Lipinski definition) is 3. The van der Waals surface area contributed by atoms with Crippen LogP contribution in [0.5, 0.6) is 0 Å². The summed E-state index contributed by atoms with van der Waals surface area (Å²) in [6.45, 7) is 4.45. The van der Waals surface area contributed by atoms with Gasteiger partial charge in [-0.1, -0.05) is 29.8 Å². The largest absolute Gasteiger partial charge is 0.378 e. The van der Waals surface area contributed by atoms with Crippen molar-refractivity contribution in [3.05, 3.63) is 34.9 Å². The molecule has 0 aliphatic carbocycles. The predicted octanol–water partition coefficient (Wildman–Crippen LogP) is 1.46. The van der Waals surface area contributed by atoms with Crippen molar-refractivity contribution in [1.82, 2.24) is 10.6 Å². The first kappa shape index (κ1) is 12.8. The van der Waals surface area contributed by atoms with Gasteiger partial charge in [0.1, 0.15) is 0 Å². The van der Waals surface area contributed by atoms with Crippen LogP contribution in [0, 0.1) is 0 Å². The zero-order valence-electron chi connectivity index (χ0n) is 9.92. The number of nitrogens with one attached hydrogen (secondary N) is 2. The van der Waals surface area contributed by atoms with E-state index >= 15 is 0 Å². The van der Waals surface area contributed by atoms with E-state index in [0.717, 1.165) is 44.3 Å². The lowest BCUT2D eigenvalue weighted by Gasteiger charge is -2.15. The molecule has 1 aliphatic heterocycles. The van der Waals surface area contributed by atoms with Crippen molar-refractivity contribution < 1.29 is 4.74 Å². The van der Waals surface area contributed by atoms with E-state index in [-0.39, 0.29) is 0 Å². The van der Waals surface area contributed by atoms with Crippen molar-refractivity contribution in [2.45, 2.75) is 12.5 Å². The van der Waals surface area contributed by atoms with Crippen LogP contribution < -0.4 is 10.6 Å². The Hall–Kier alpha value is -0.610. The van der Waals surface area contributed by atoms with Gasteiger partial charge >= 0.3 is 0 Å². The van der Waals surface area contributed by atoms with Gasteiger partial charge in [-0.25, -0.2) is 0 Å². The van der Waals surface area contributed by atoms with Gasteiger partial charge < -0.3 is 15.4 Å². The lowest BCUT2D eigenvalue weighted by atomic mass is 10.1. The summed E-state index contributed by atoms with van der Waals surface area (Å²) in [7, 11) is 0. The summed E-state index contributed by atoms with van der Waals surface area (Å²) in [6, 6.07) is 8.40. The van der Waals surface area contributed by atoms with Gasteiger partial charge in [-0.2, -0.15) is 0 Å². The summed E-state index contributed by atoms with van der Waals surface area (Å²) in [5.74, 6) is 0. The molecular formula is C13H19ClN2O. The Morgan fingerprint density at radius 1 is 1.41 bits per heavy atom. The first-order valence-corrected chi connectivity index (χ1v) is 6.49. The molecule has 0 spiro atoms. The van der Waals surface area contributed by atoms with E-state index in [9.17, 15) is 0 Å². The van der Waals surface area contributed by atoms with Crippen LogP contribution in [-0.4, -0.2) is 38.9 Å². The van der Waals surface area contributed by atoms with Gasteiger partial charge in [0.15, 0.2) is 0 Å². The zero-order valence-corrected chi connectivity index (χ0v) is 10.7. The normalized spacial score (nSPS) is 21.1. The lowest BCUT2D eigenvalue weighted by Crippen LogP contribution is -2.40. The maximum absolute atomic E-state index is 6.11. The summed E-state index contributed by atoms with van der Waals surface area (Å²) < 4.78 is 5.48. The van der Waals surface area contributed by atoms with Crippen molar-refractivity contribution in [2.75, 3.05) is 32.8 Å². The Morgan fingerprint density at radius 3 is 3.18 bits per heavy atom. The Kier molecular flexibility index (Phi) is 5.26. The molecule has 1 aromatic carbocycles. The van der Waals surface area contributed by atoms with Crippen molar-refractivity contribution in [2.24, 2.45) is 0 Å². The van der Waals surface area contributed by atoms with Crippen molar-refractivity contribution in [3.8, 4) is 0 Å². The van der Waals surface area contributed by atoms with E-state index < -0.39 is 0 Å². The van der Waals surface area contributed by atoms with E-state index in [1.165, 1.54) is 5.56 Å². The SMILES string of the molecule is Clc1ccccc1CCNC1CNCCOC1. The second-order valence-electron chi connectivity index (χ2n) is 4.27. The number of halogens is 1. The molecule has 94 valence electrons. The van der Waals surface area contributed by atoms with Crippen LogP contribution in [0.15, 0.2) is 24.3 Å². The number of ether oxygens (including phenoxy) is 1. The molecule has 0 saturated carbocycles. The third-order valence-electron chi connectivity index (χ3n) is 2.92. The van der Waals surface area contributed by atoms with E-state index in [1.807, 2.05) is 18.2 Å². The molecule has 3 nitrogen and oxygen atoms in total. The fraction of sp³-hybridized carbons (Fsp3) is 0.538. The molecule has 1 fully saturated rings. The lowest BCUT2D eigenvalue weighted by molar-refractivity contribution is 0.133. The highest BCUT2D eigenvalue weighted by Crippen LogP contribution is 2.14. The highest BCUT2D eigenvalue weighted by molar-refractivity contribution is 6.31. The van der Waals surface area contributed by atoms with Crippen LogP contribution in [0.4, 0.5) is 0 Å². The van der Waals surface area contributed by atoms with Crippen LogP contribution >= 0.6 is 11.6 Å². The number of rotatable bonds is 4. The quantitative estimate of drug-likeness (QED) is 0.854. The van der Waals surface area contributed by atoms with Crippen LogP contribution in [0.2, 0.25) is 5.02 Å². The highest BCUT2D eigenvalue weighted by Gasteiger charge is 2.10. The molecule has 2 N–H and O–H groups in total. The van der Waals surface area contributed by atoms with Gasteiger partial charge in [0.25, 0.3) is 0 Å². The Bertz CT molecular complexity index is 338. The average molecular weight is 255 g/mol. The molecule has 2 rings (SSSR count). The smallest absolute Gasteiger partial charge is 0.0632 e. The molecule has 0 amide bonds. The van der Waals surface area contributed by atoms with Crippen LogP contribution in [0.1, 0.15) is 5.56 Å². The Morgan fingerprint density at radius 2 is 2.29 bits per heavy atom. The summed E-state index contributed by atoms with van der Waals surface area (Å²) in [4.78, 5) is 0. The maximum atomic E-state index is 6.11. The van der Waals surface area contributed by atoms with E-state index in [0.29, 0.717) is 6.04 Å². The first-order chi connectivity index (χ1) is 8.36. The van der Waals surface area contributed by atoms with E-state index in [4.69, 9.17) is 16.3 Å². The van der Waals surface area contributed by atoms with Crippen LogP contribution in [0.25, 0.3) is 0 Å². The van der Waals surface area contributed by atoms with Gasteiger partial charge in [-0.3, -0.25) is 0 Å². The molecule has 1 heterocycles. The zero-order chi connectivity index (χ0) is 11.9. The molecule has 0 bridgehead atoms. The maximum Gasteiger partial charge on any atom is 0.0632 e. The minimum absolute atomic E-state index is 0.403. The van der Waals surface area contributed by atoms with Gasteiger partial charge in [-0.05, 0) is 24.6 Å². The topological polar surface area (TPSA) is 33.3 Å². The predicted molar refractivity (Wildman–Crippen MR) is 70.6 cm³/mol. The van der Waals surface area contributed by atoms with Gasteiger partial charge in [0.05, 0.1) is 13.2 Å². The summed E-state index contributed by atoms with van der Waals surface area (Å²) in [5.41, 5.74) is 1.20. The van der Waals surface area contributed by atoms with Crippen LogP contribution in [0.3, 0.4) is 0 Å². The Labute approximate surface area is 107 Å². The number of hydrogen-bond donors (Lipinski definition) is 2. The average Bonchev–Trinajstić information content (AvgIpc) is 2.60. The fourth-order valence-corrected chi connectivity index (χ4v) is 2.18. The molecule has 1 saturated heterocycles. The summed E-state index contributed by atoms with van der Waals surface area (Å²) in [6.07, 6.45) is 0.955. The third kappa shape index (κ3) is 4.28. The van der Waals surface area contributed by atoms with Crippen molar-refractivity contribution in [3.63, 3.8) is 0 Å². The minimum atomic E-state index is 0.403.